The first-order valence-corrected chi connectivity index (χ1v) is 12.3. The second-order valence-electron chi connectivity index (χ2n) is 7.68. The van der Waals surface area contributed by atoms with Crippen molar-refractivity contribution in [2.45, 2.75) is 40.2 Å². The monoisotopic (exact) mass is 511 g/mol. The van der Waals surface area contributed by atoms with Gasteiger partial charge in [0, 0.05) is 5.56 Å². The fourth-order valence-corrected chi connectivity index (χ4v) is 3.62. The van der Waals surface area contributed by atoms with Crippen molar-refractivity contribution in [2.24, 2.45) is 5.64 Å². The highest BCUT2D eigenvalue weighted by Gasteiger charge is 2.10. The first-order valence-electron chi connectivity index (χ1n) is 11.3. The van der Waals surface area contributed by atoms with Crippen LogP contribution in [0.2, 0.25) is 5.02 Å². The number of aryl methyl sites for hydroxylation is 2. The van der Waals surface area contributed by atoms with E-state index in [1.807, 2.05) is 43.3 Å². The number of furan rings is 1. The maximum atomic E-state index is 9.01. The molecule has 0 aliphatic carbocycles. The number of nitrogens with zero attached hydrogens (tertiary/aromatic N) is 1. The smallest absolute Gasteiger partial charge is 0.291 e. The molecule has 3 rings (SSSR count). The number of rotatable bonds is 10. The number of alkyl halides is 1. The Morgan fingerprint density at radius 1 is 1.17 bits per heavy atom. The number of allylic oxidation sites excluding steroid dienone is 1. The molecule has 0 aliphatic rings. The minimum absolute atomic E-state index is 0.350. The predicted octanol–water partition coefficient (Wildman–Crippen LogP) is 6.19. The maximum absolute atomic E-state index is 9.01. The molecule has 0 bridgehead atoms. The highest BCUT2D eigenvalue weighted by Crippen LogP contribution is 2.30. The van der Waals surface area contributed by atoms with Crippen molar-refractivity contribution in [1.29, 1.82) is 5.26 Å². The van der Waals surface area contributed by atoms with Crippen LogP contribution < -0.4 is 20.8 Å². The van der Waals surface area contributed by atoms with E-state index in [-0.39, 0.29) is 0 Å². The molecule has 0 atom stereocenters. The van der Waals surface area contributed by atoms with Crippen molar-refractivity contribution >= 4 is 42.4 Å². The summed E-state index contributed by atoms with van der Waals surface area (Å²) in [6, 6.07) is 13.7. The van der Waals surface area contributed by atoms with Crippen LogP contribution in [0.25, 0.3) is 6.08 Å². The number of hydrogen-bond acceptors (Lipinski definition) is 5. The number of ether oxygens (including phenoxy) is 2. The molecule has 0 amide bonds. The van der Waals surface area contributed by atoms with Crippen LogP contribution in [0.1, 0.15) is 48.1 Å². The van der Waals surface area contributed by atoms with Crippen LogP contribution in [-0.2, 0) is 13.0 Å². The Bertz CT molecular complexity index is 1160. The lowest BCUT2D eigenvalue weighted by Gasteiger charge is -2.10. The average Bonchev–Trinajstić information content (AvgIpc) is 3.32. The third-order valence-electron chi connectivity index (χ3n) is 4.93. The second kappa shape index (κ2) is 15.2. The molecule has 0 saturated heterocycles. The van der Waals surface area contributed by atoms with Gasteiger partial charge in [0.2, 0.25) is 0 Å². The van der Waals surface area contributed by atoms with Gasteiger partial charge in [0.25, 0.3) is 7.41 Å². The quantitative estimate of drug-likeness (QED) is 0.259. The molecular weight excluding hydrogens is 482 g/mol. The van der Waals surface area contributed by atoms with E-state index in [4.69, 9.17) is 48.0 Å². The van der Waals surface area contributed by atoms with E-state index in [0.717, 1.165) is 29.7 Å². The van der Waals surface area contributed by atoms with Crippen LogP contribution in [0.15, 0.2) is 53.2 Å². The van der Waals surface area contributed by atoms with Gasteiger partial charge in [-0.15, -0.1) is 11.6 Å². The minimum atomic E-state index is 0.350. The summed E-state index contributed by atoms with van der Waals surface area (Å²) in [7, 11) is 1.43. The zero-order valence-corrected chi connectivity index (χ0v) is 21.8. The van der Waals surface area contributed by atoms with Gasteiger partial charge in [0.1, 0.15) is 25.0 Å². The third kappa shape index (κ3) is 9.03. The summed E-state index contributed by atoms with van der Waals surface area (Å²) in [5.41, 5.74) is 10.9. The number of nitrogens with two attached hydrogens (primary N) is 1. The van der Waals surface area contributed by atoms with Gasteiger partial charge in [0.15, 0.2) is 5.75 Å². The van der Waals surface area contributed by atoms with Crippen molar-refractivity contribution in [1.82, 2.24) is 0 Å². The molecule has 2 N–H and O–H groups in total. The minimum Gasteiger partial charge on any atom is -0.489 e. The van der Waals surface area contributed by atoms with E-state index in [1.165, 1.54) is 18.5 Å². The first kappa shape index (κ1) is 28.4. The molecular formula is C27H30BCl2N2O3. The average molecular weight is 512 g/mol. The van der Waals surface area contributed by atoms with Gasteiger partial charge >= 0.3 is 0 Å². The lowest BCUT2D eigenvalue weighted by Crippen LogP contribution is -2.20. The van der Waals surface area contributed by atoms with Crippen LogP contribution >= 0.6 is 23.2 Å². The molecule has 5 nitrogen and oxygen atoms in total. The van der Waals surface area contributed by atoms with Crippen molar-refractivity contribution in [3.05, 3.63) is 81.6 Å². The Hall–Kier alpha value is -2.85. The van der Waals surface area contributed by atoms with Crippen molar-refractivity contribution < 1.29 is 13.9 Å². The normalized spacial score (nSPS) is 10.4. The molecule has 1 radical (unpaired) electrons. The fraction of sp³-hybridized carbons (Fsp3) is 0.296. The molecule has 1 aromatic heterocycles. The Kier molecular flexibility index (Phi) is 12.3. The van der Waals surface area contributed by atoms with E-state index in [9.17, 15) is 0 Å². The van der Waals surface area contributed by atoms with E-state index in [0.29, 0.717) is 41.1 Å². The van der Waals surface area contributed by atoms with Gasteiger partial charge in [-0.25, -0.2) is 0 Å². The fourth-order valence-electron chi connectivity index (χ4n) is 3.24. The number of halogens is 2. The summed E-state index contributed by atoms with van der Waals surface area (Å²) in [6.07, 6.45) is 7.67. The number of hydrogen-bond donors (Lipinski definition) is 1. The first-order chi connectivity index (χ1) is 16.9. The van der Waals surface area contributed by atoms with Gasteiger partial charge in [-0.3, -0.25) is 0 Å². The lowest BCUT2D eigenvalue weighted by molar-refractivity contribution is 0.304. The molecule has 1 heterocycles. The van der Waals surface area contributed by atoms with Gasteiger partial charge < -0.3 is 19.5 Å². The molecule has 0 aliphatic heterocycles. The molecule has 35 heavy (non-hydrogen) atoms. The molecule has 0 fully saturated rings. The van der Waals surface area contributed by atoms with Crippen LogP contribution in [0, 0.1) is 18.3 Å². The van der Waals surface area contributed by atoms with E-state index >= 15 is 0 Å². The van der Waals surface area contributed by atoms with Crippen LogP contribution in [0.4, 0.5) is 0 Å². The highest BCUT2D eigenvalue weighted by molar-refractivity contribution is 6.48. The summed E-state index contributed by atoms with van der Waals surface area (Å²) in [5, 5.41) is 9.49. The van der Waals surface area contributed by atoms with Gasteiger partial charge in [-0.1, -0.05) is 43.2 Å². The summed E-state index contributed by atoms with van der Waals surface area (Å²) in [4.78, 5) is 0. The molecule has 2 aromatic carbocycles. The zero-order chi connectivity index (χ0) is 25.6. The number of benzene rings is 2. The van der Waals surface area contributed by atoms with E-state index < -0.39 is 0 Å². The maximum Gasteiger partial charge on any atom is 0.291 e. The molecule has 0 spiro atoms. The third-order valence-corrected chi connectivity index (χ3v) is 5.36. The van der Waals surface area contributed by atoms with Gasteiger partial charge in [-0.2, -0.15) is 5.26 Å². The predicted molar refractivity (Wildman–Crippen MR) is 145 cm³/mol. The Morgan fingerprint density at radius 3 is 2.60 bits per heavy atom. The standard InChI is InChI=1S/C15H17BNO2.C12H13Cl2NO/c1-3-4-13-8-14(6-5-11(13)2)18-9-12-7-15(16-17)19-10-12;1-2-3-9-6-10(8-15)12(11(14)7-9)16-5-4-13/h3-8,10H,9,17H2,1-2H3;6-7H,2-5H2,1H3/b4-3-;. The highest BCUT2D eigenvalue weighted by atomic mass is 35.5. The van der Waals surface area contributed by atoms with Gasteiger partial charge in [0.05, 0.1) is 28.4 Å². The van der Waals surface area contributed by atoms with Crippen LogP contribution in [0.3, 0.4) is 0 Å². The summed E-state index contributed by atoms with van der Waals surface area (Å²) in [6.45, 7) is 6.98. The number of nitriles is 1. The summed E-state index contributed by atoms with van der Waals surface area (Å²) in [5.74, 6) is 1.65. The molecule has 0 saturated carbocycles. The lowest BCUT2D eigenvalue weighted by atomic mass is 9.93. The molecule has 0 unspecified atom stereocenters. The van der Waals surface area contributed by atoms with Crippen molar-refractivity contribution in [3.63, 3.8) is 0 Å². The van der Waals surface area contributed by atoms with Crippen molar-refractivity contribution in [3.8, 4) is 17.6 Å². The van der Waals surface area contributed by atoms with Crippen LogP contribution in [-0.4, -0.2) is 19.9 Å². The van der Waals surface area contributed by atoms with E-state index in [1.54, 1.807) is 6.26 Å². The second-order valence-corrected chi connectivity index (χ2v) is 8.47. The Labute approximate surface area is 218 Å². The summed E-state index contributed by atoms with van der Waals surface area (Å²) >= 11 is 11.6. The van der Waals surface area contributed by atoms with Crippen LogP contribution in [0.5, 0.6) is 11.5 Å². The van der Waals surface area contributed by atoms with Crippen molar-refractivity contribution in [2.75, 3.05) is 12.5 Å². The zero-order valence-electron chi connectivity index (χ0n) is 20.3. The molecule has 183 valence electrons. The SMILES string of the molecule is C/C=C\c1cc(OCc2coc([B]N)c2)ccc1C.CCCc1cc(Cl)c(OCCCl)c(C#N)c1. The Balaban J connectivity index is 0.000000251. The summed E-state index contributed by atoms with van der Waals surface area (Å²) < 4.78 is 16.3. The molecule has 3 aromatic rings. The molecule has 8 heteroatoms. The largest absolute Gasteiger partial charge is 0.489 e. The van der Waals surface area contributed by atoms with E-state index in [2.05, 4.69) is 32.1 Å². The topological polar surface area (TPSA) is 81.4 Å². The Morgan fingerprint density at radius 2 is 1.97 bits per heavy atom. The van der Waals surface area contributed by atoms with Gasteiger partial charge in [-0.05, 0) is 67.3 Å².